The molecule has 0 aliphatic heterocycles. The van der Waals surface area contributed by atoms with Gasteiger partial charge in [0.05, 0.1) is 24.0 Å². The van der Waals surface area contributed by atoms with E-state index >= 15 is 0 Å². The third-order valence-corrected chi connectivity index (χ3v) is 2.12. The van der Waals surface area contributed by atoms with Crippen molar-refractivity contribution in [2.75, 3.05) is 0 Å². The molecule has 0 spiro atoms. The summed E-state index contributed by atoms with van der Waals surface area (Å²) in [4.78, 5) is 23.1. The highest BCUT2D eigenvalue weighted by molar-refractivity contribution is 5.96. The van der Waals surface area contributed by atoms with E-state index in [2.05, 4.69) is 20.3 Å². The molecule has 1 amide bonds. The van der Waals surface area contributed by atoms with E-state index in [0.717, 1.165) is 0 Å². The van der Waals surface area contributed by atoms with E-state index in [4.69, 9.17) is 0 Å². The van der Waals surface area contributed by atoms with Gasteiger partial charge in [-0.05, 0) is 12.1 Å². The Labute approximate surface area is 97.4 Å². The Balaban J connectivity index is 2.01. The number of carbonyl (C=O) groups excluding carboxylic acids is 1. The lowest BCUT2D eigenvalue weighted by Gasteiger charge is -2.05. The molecule has 2 aromatic heterocycles. The summed E-state index contributed by atoms with van der Waals surface area (Å²) < 4.78 is 0. The van der Waals surface area contributed by atoms with Crippen LogP contribution in [0.4, 0.5) is 0 Å². The predicted molar refractivity (Wildman–Crippen MR) is 59.1 cm³/mol. The van der Waals surface area contributed by atoms with Crippen LogP contribution in [0.2, 0.25) is 0 Å². The smallest absolute Gasteiger partial charge is 0.255 e. The standard InChI is InChI=1S/C11H10N4O2/c16-10-6-12-4-2-9(10)11(17)14-5-8-1-3-13-7-15-8/h1-4,6-7,16H,5H2,(H,14,17). The van der Waals surface area contributed by atoms with Crippen LogP contribution in [-0.2, 0) is 6.54 Å². The molecule has 17 heavy (non-hydrogen) atoms. The van der Waals surface area contributed by atoms with Crippen LogP contribution in [0.1, 0.15) is 16.1 Å². The fourth-order valence-electron chi connectivity index (χ4n) is 1.27. The molecule has 86 valence electrons. The maximum Gasteiger partial charge on any atom is 0.255 e. The molecule has 2 heterocycles. The van der Waals surface area contributed by atoms with Crippen molar-refractivity contribution in [3.63, 3.8) is 0 Å². The van der Waals surface area contributed by atoms with Crippen molar-refractivity contribution in [1.29, 1.82) is 0 Å². The Bertz CT molecular complexity index is 516. The highest BCUT2D eigenvalue weighted by atomic mass is 16.3. The molecule has 6 nitrogen and oxygen atoms in total. The lowest BCUT2D eigenvalue weighted by molar-refractivity contribution is 0.0947. The van der Waals surface area contributed by atoms with Crippen molar-refractivity contribution < 1.29 is 9.90 Å². The van der Waals surface area contributed by atoms with Gasteiger partial charge in [-0.1, -0.05) is 0 Å². The van der Waals surface area contributed by atoms with Crippen molar-refractivity contribution in [2.24, 2.45) is 0 Å². The molecule has 0 unspecified atom stereocenters. The maximum atomic E-state index is 11.7. The third kappa shape index (κ3) is 2.75. The van der Waals surface area contributed by atoms with Gasteiger partial charge in [-0.2, -0.15) is 0 Å². The predicted octanol–water partition coefficient (Wildman–Crippen LogP) is 0.507. The highest BCUT2D eigenvalue weighted by Gasteiger charge is 2.09. The Morgan fingerprint density at radius 3 is 2.82 bits per heavy atom. The summed E-state index contributed by atoms with van der Waals surface area (Å²) in [7, 11) is 0. The molecule has 0 aromatic carbocycles. The number of pyridine rings is 1. The van der Waals surface area contributed by atoms with E-state index < -0.39 is 0 Å². The SMILES string of the molecule is O=C(NCc1ccncn1)c1ccncc1O. The van der Waals surface area contributed by atoms with Crippen molar-refractivity contribution in [3.05, 3.63) is 48.3 Å². The summed E-state index contributed by atoms with van der Waals surface area (Å²) in [6.45, 7) is 0.281. The molecule has 0 saturated heterocycles. The molecule has 6 heteroatoms. The summed E-state index contributed by atoms with van der Waals surface area (Å²) in [6, 6.07) is 3.15. The van der Waals surface area contributed by atoms with Gasteiger partial charge < -0.3 is 10.4 Å². The van der Waals surface area contributed by atoms with Crippen molar-refractivity contribution in [3.8, 4) is 5.75 Å². The minimum absolute atomic E-state index is 0.146. The Morgan fingerprint density at radius 2 is 2.12 bits per heavy atom. The first kappa shape index (κ1) is 11.0. The van der Waals surface area contributed by atoms with Gasteiger partial charge in [-0.3, -0.25) is 9.78 Å². The number of rotatable bonds is 3. The van der Waals surface area contributed by atoms with Gasteiger partial charge in [-0.15, -0.1) is 0 Å². The van der Waals surface area contributed by atoms with Crippen LogP contribution in [0.3, 0.4) is 0 Å². The minimum atomic E-state index is -0.372. The van der Waals surface area contributed by atoms with E-state index in [1.54, 1.807) is 12.3 Å². The van der Waals surface area contributed by atoms with Gasteiger partial charge in [0.2, 0.25) is 0 Å². The van der Waals surface area contributed by atoms with Gasteiger partial charge in [-0.25, -0.2) is 9.97 Å². The number of hydrogen-bond donors (Lipinski definition) is 2. The maximum absolute atomic E-state index is 11.7. The zero-order chi connectivity index (χ0) is 12.1. The van der Waals surface area contributed by atoms with E-state index in [0.29, 0.717) is 5.69 Å². The molecule has 0 atom stereocenters. The molecule has 2 N–H and O–H groups in total. The molecule has 0 radical (unpaired) electrons. The van der Waals surface area contributed by atoms with Crippen LogP contribution in [0.25, 0.3) is 0 Å². The normalized spacial score (nSPS) is 9.88. The molecule has 2 rings (SSSR count). The minimum Gasteiger partial charge on any atom is -0.505 e. The molecule has 0 saturated carbocycles. The average Bonchev–Trinajstić information content (AvgIpc) is 2.38. The van der Waals surface area contributed by atoms with Crippen LogP contribution >= 0.6 is 0 Å². The largest absolute Gasteiger partial charge is 0.505 e. The molecule has 0 aliphatic carbocycles. The van der Waals surface area contributed by atoms with Gasteiger partial charge >= 0.3 is 0 Å². The molecule has 0 fully saturated rings. The average molecular weight is 230 g/mol. The van der Waals surface area contributed by atoms with Crippen molar-refractivity contribution >= 4 is 5.91 Å². The Kier molecular flexibility index (Phi) is 3.25. The van der Waals surface area contributed by atoms with Crippen LogP contribution in [0, 0.1) is 0 Å². The van der Waals surface area contributed by atoms with Gasteiger partial charge in [0.1, 0.15) is 12.1 Å². The summed E-state index contributed by atoms with van der Waals surface area (Å²) in [6.07, 6.45) is 5.67. The van der Waals surface area contributed by atoms with E-state index in [9.17, 15) is 9.90 Å². The van der Waals surface area contributed by atoms with Crippen LogP contribution in [0.15, 0.2) is 37.1 Å². The summed E-state index contributed by atoms with van der Waals surface area (Å²) >= 11 is 0. The summed E-state index contributed by atoms with van der Waals surface area (Å²) in [5.74, 6) is -0.517. The zero-order valence-corrected chi connectivity index (χ0v) is 8.87. The molecular formula is C11H10N4O2. The van der Waals surface area contributed by atoms with Crippen molar-refractivity contribution in [2.45, 2.75) is 6.54 Å². The quantitative estimate of drug-likeness (QED) is 0.801. The van der Waals surface area contributed by atoms with Crippen LogP contribution in [-0.4, -0.2) is 26.0 Å². The second-order valence-corrected chi connectivity index (χ2v) is 3.28. The van der Waals surface area contributed by atoms with Crippen LogP contribution < -0.4 is 5.32 Å². The number of hydrogen-bond acceptors (Lipinski definition) is 5. The third-order valence-electron chi connectivity index (χ3n) is 2.12. The lowest BCUT2D eigenvalue weighted by atomic mass is 10.2. The lowest BCUT2D eigenvalue weighted by Crippen LogP contribution is -2.23. The number of amides is 1. The number of nitrogens with zero attached hydrogens (tertiary/aromatic N) is 3. The van der Waals surface area contributed by atoms with Crippen molar-refractivity contribution in [1.82, 2.24) is 20.3 Å². The van der Waals surface area contributed by atoms with Gasteiger partial charge in [0, 0.05) is 12.4 Å². The van der Waals surface area contributed by atoms with Gasteiger partial charge in [0.25, 0.3) is 5.91 Å². The van der Waals surface area contributed by atoms with E-state index in [-0.39, 0.29) is 23.8 Å². The Morgan fingerprint density at radius 1 is 1.29 bits per heavy atom. The molecule has 0 bridgehead atoms. The van der Waals surface area contributed by atoms with Crippen LogP contribution in [0.5, 0.6) is 5.75 Å². The second kappa shape index (κ2) is 5.02. The molecule has 0 aliphatic rings. The number of aromatic nitrogens is 3. The summed E-state index contributed by atoms with van der Waals surface area (Å²) in [5.41, 5.74) is 0.885. The monoisotopic (exact) mass is 230 g/mol. The number of carbonyl (C=O) groups is 1. The highest BCUT2D eigenvalue weighted by Crippen LogP contribution is 2.13. The fraction of sp³-hybridized carbons (Fsp3) is 0.0909. The first-order valence-corrected chi connectivity index (χ1v) is 4.93. The zero-order valence-electron chi connectivity index (χ0n) is 8.87. The van der Waals surface area contributed by atoms with E-state index in [1.807, 2.05) is 0 Å². The Hall–Kier alpha value is -2.50. The fourth-order valence-corrected chi connectivity index (χ4v) is 1.27. The first-order chi connectivity index (χ1) is 8.27. The first-order valence-electron chi connectivity index (χ1n) is 4.93. The second-order valence-electron chi connectivity index (χ2n) is 3.28. The number of aromatic hydroxyl groups is 1. The van der Waals surface area contributed by atoms with Gasteiger partial charge in [0.15, 0.2) is 0 Å². The molecule has 2 aromatic rings. The topological polar surface area (TPSA) is 88.0 Å². The van der Waals surface area contributed by atoms with E-state index in [1.165, 1.54) is 24.8 Å². The molecular weight excluding hydrogens is 220 g/mol. The summed E-state index contributed by atoms with van der Waals surface area (Å²) in [5, 5.41) is 12.1. The number of nitrogens with one attached hydrogen (secondary N) is 1.